The lowest BCUT2D eigenvalue weighted by Crippen LogP contribution is -2.17. The molecule has 0 aliphatic heterocycles. The van der Waals surface area contributed by atoms with Gasteiger partial charge in [0.25, 0.3) is 0 Å². The van der Waals surface area contributed by atoms with E-state index in [0.717, 1.165) is 24.3 Å². The first-order valence-corrected chi connectivity index (χ1v) is 7.47. The van der Waals surface area contributed by atoms with Crippen molar-refractivity contribution >= 4 is 5.57 Å². The standard InChI is InChI=1S/C19H14F6O/c1-2-3-4-17(13-5-9-15(10-6-13)18(20,21)22)14-7-11-16(12-8-14)26-19(23,24)25/h2-12H,1H3. The van der Waals surface area contributed by atoms with E-state index >= 15 is 0 Å². The van der Waals surface area contributed by atoms with Crippen molar-refractivity contribution < 1.29 is 31.1 Å². The van der Waals surface area contributed by atoms with Crippen LogP contribution in [0.15, 0.2) is 66.8 Å². The minimum Gasteiger partial charge on any atom is -0.406 e. The minimum atomic E-state index is -4.79. The highest BCUT2D eigenvalue weighted by atomic mass is 19.4. The van der Waals surface area contributed by atoms with E-state index in [1.807, 2.05) is 0 Å². The molecule has 1 nitrogen and oxygen atoms in total. The zero-order chi connectivity index (χ0) is 19.4. The van der Waals surface area contributed by atoms with Gasteiger partial charge in [0.1, 0.15) is 5.75 Å². The average Bonchev–Trinajstić information content (AvgIpc) is 2.55. The number of rotatable bonds is 4. The van der Waals surface area contributed by atoms with Crippen LogP contribution in [-0.2, 0) is 6.18 Å². The van der Waals surface area contributed by atoms with Crippen LogP contribution in [0.4, 0.5) is 26.3 Å². The number of halogens is 6. The molecule has 0 radical (unpaired) electrons. The Morgan fingerprint density at radius 3 is 1.73 bits per heavy atom. The van der Waals surface area contributed by atoms with Crippen molar-refractivity contribution in [2.75, 3.05) is 0 Å². The van der Waals surface area contributed by atoms with Gasteiger partial charge < -0.3 is 4.74 Å². The summed E-state index contributed by atoms with van der Waals surface area (Å²) >= 11 is 0. The van der Waals surface area contributed by atoms with Crippen molar-refractivity contribution in [3.05, 3.63) is 83.4 Å². The molecule has 0 N–H and O–H groups in total. The number of benzene rings is 2. The van der Waals surface area contributed by atoms with Crippen LogP contribution >= 0.6 is 0 Å². The van der Waals surface area contributed by atoms with Crippen molar-refractivity contribution in [1.29, 1.82) is 0 Å². The van der Waals surface area contributed by atoms with Crippen molar-refractivity contribution in [3.8, 4) is 5.75 Å². The Morgan fingerprint density at radius 2 is 1.31 bits per heavy atom. The average molecular weight is 372 g/mol. The van der Waals surface area contributed by atoms with Gasteiger partial charge in [0, 0.05) is 0 Å². The number of alkyl halides is 6. The fourth-order valence-electron chi connectivity index (χ4n) is 2.23. The van der Waals surface area contributed by atoms with Crippen LogP contribution in [0.3, 0.4) is 0 Å². The molecule has 0 fully saturated rings. The number of allylic oxidation sites excluding steroid dienone is 3. The third kappa shape index (κ3) is 5.40. The molecule has 0 aliphatic rings. The molecule has 26 heavy (non-hydrogen) atoms. The summed E-state index contributed by atoms with van der Waals surface area (Å²) in [6, 6.07) is 9.67. The van der Waals surface area contributed by atoms with E-state index in [2.05, 4.69) is 4.74 Å². The maximum Gasteiger partial charge on any atom is 0.573 e. The van der Waals surface area contributed by atoms with Crippen LogP contribution in [0.2, 0.25) is 0 Å². The second kappa shape index (κ2) is 7.68. The lowest BCUT2D eigenvalue weighted by molar-refractivity contribution is -0.274. The summed E-state index contributed by atoms with van der Waals surface area (Å²) in [5, 5.41) is 0. The molecule has 0 amide bonds. The van der Waals surface area contributed by atoms with E-state index in [1.165, 1.54) is 24.3 Å². The highest BCUT2D eigenvalue weighted by Gasteiger charge is 2.31. The van der Waals surface area contributed by atoms with Gasteiger partial charge >= 0.3 is 12.5 Å². The largest absolute Gasteiger partial charge is 0.573 e. The molecule has 0 aromatic heterocycles. The SMILES string of the molecule is CC=CC=C(c1ccc(OC(F)(F)F)cc1)c1ccc(C(F)(F)F)cc1. The molecule has 2 rings (SSSR count). The highest BCUT2D eigenvalue weighted by molar-refractivity contribution is 5.81. The van der Waals surface area contributed by atoms with E-state index in [1.54, 1.807) is 25.2 Å². The molecule has 7 heteroatoms. The van der Waals surface area contributed by atoms with Crippen LogP contribution in [-0.4, -0.2) is 6.36 Å². The first kappa shape index (κ1) is 19.6. The molecule has 2 aromatic carbocycles. The Bertz CT molecular complexity index is 781. The fourth-order valence-corrected chi connectivity index (χ4v) is 2.23. The van der Waals surface area contributed by atoms with Gasteiger partial charge in [-0.25, -0.2) is 0 Å². The van der Waals surface area contributed by atoms with Gasteiger partial charge in [0.15, 0.2) is 0 Å². The van der Waals surface area contributed by atoms with Crippen LogP contribution in [0, 0.1) is 0 Å². The van der Waals surface area contributed by atoms with Gasteiger partial charge in [0.2, 0.25) is 0 Å². The van der Waals surface area contributed by atoms with Gasteiger partial charge in [-0.3, -0.25) is 0 Å². The summed E-state index contributed by atoms with van der Waals surface area (Å²) in [6.07, 6.45) is -4.15. The first-order chi connectivity index (χ1) is 12.1. The van der Waals surface area contributed by atoms with Crippen LogP contribution in [0.5, 0.6) is 5.75 Å². The second-order valence-electron chi connectivity index (χ2n) is 5.25. The van der Waals surface area contributed by atoms with Gasteiger partial charge in [-0.15, -0.1) is 13.2 Å². The topological polar surface area (TPSA) is 9.23 Å². The Labute approximate surface area is 146 Å². The molecule has 0 saturated heterocycles. The summed E-state index contributed by atoms with van der Waals surface area (Å²) < 4.78 is 78.6. The van der Waals surface area contributed by atoms with Gasteiger partial charge in [-0.2, -0.15) is 13.2 Å². The predicted molar refractivity (Wildman–Crippen MR) is 86.5 cm³/mol. The molecule has 0 heterocycles. The van der Waals surface area contributed by atoms with Gasteiger partial charge in [-0.05, 0) is 47.9 Å². The monoisotopic (exact) mass is 372 g/mol. The molecule has 0 saturated carbocycles. The minimum absolute atomic E-state index is 0.376. The molecule has 0 bridgehead atoms. The maximum atomic E-state index is 12.7. The van der Waals surface area contributed by atoms with E-state index < -0.39 is 18.1 Å². The number of hydrogen-bond acceptors (Lipinski definition) is 1. The van der Waals surface area contributed by atoms with Crippen molar-refractivity contribution in [2.24, 2.45) is 0 Å². The van der Waals surface area contributed by atoms with Gasteiger partial charge in [0.05, 0.1) is 5.56 Å². The summed E-state index contributed by atoms with van der Waals surface area (Å²) in [5.74, 6) is -0.376. The number of ether oxygens (including phenoxy) is 1. The van der Waals surface area contributed by atoms with Crippen LogP contribution in [0.25, 0.3) is 5.57 Å². The molecule has 0 unspecified atom stereocenters. The van der Waals surface area contributed by atoms with E-state index in [4.69, 9.17) is 0 Å². The summed E-state index contributed by atoms with van der Waals surface area (Å²) in [7, 11) is 0. The lowest BCUT2D eigenvalue weighted by Gasteiger charge is -2.12. The molecular formula is C19H14F6O. The Balaban J connectivity index is 2.36. The predicted octanol–water partition coefficient (Wildman–Crippen LogP) is 6.61. The van der Waals surface area contributed by atoms with E-state index in [-0.39, 0.29) is 5.75 Å². The van der Waals surface area contributed by atoms with E-state index in [9.17, 15) is 26.3 Å². The smallest absolute Gasteiger partial charge is 0.406 e. The molecule has 0 spiro atoms. The molecular weight excluding hydrogens is 358 g/mol. The van der Waals surface area contributed by atoms with Crippen molar-refractivity contribution in [3.63, 3.8) is 0 Å². The first-order valence-electron chi connectivity index (χ1n) is 7.47. The van der Waals surface area contributed by atoms with Gasteiger partial charge in [-0.1, -0.05) is 42.5 Å². The Kier molecular flexibility index (Phi) is 5.79. The fraction of sp³-hybridized carbons (Fsp3) is 0.158. The second-order valence-corrected chi connectivity index (χ2v) is 5.25. The van der Waals surface area contributed by atoms with Crippen molar-refractivity contribution in [1.82, 2.24) is 0 Å². The highest BCUT2D eigenvalue weighted by Crippen LogP contribution is 2.32. The molecule has 2 aromatic rings. The molecule has 0 aliphatic carbocycles. The zero-order valence-electron chi connectivity index (χ0n) is 13.5. The third-order valence-electron chi connectivity index (χ3n) is 3.38. The quantitative estimate of drug-likeness (QED) is 0.433. The van der Waals surface area contributed by atoms with E-state index in [0.29, 0.717) is 16.7 Å². The lowest BCUT2D eigenvalue weighted by atomic mass is 9.96. The summed E-state index contributed by atoms with van der Waals surface area (Å²) in [4.78, 5) is 0. The van der Waals surface area contributed by atoms with Crippen LogP contribution < -0.4 is 4.74 Å². The number of hydrogen-bond donors (Lipinski definition) is 0. The zero-order valence-corrected chi connectivity index (χ0v) is 13.5. The van der Waals surface area contributed by atoms with Crippen LogP contribution in [0.1, 0.15) is 23.6 Å². The van der Waals surface area contributed by atoms with Crippen molar-refractivity contribution in [2.45, 2.75) is 19.5 Å². The molecule has 138 valence electrons. The Morgan fingerprint density at radius 1 is 0.808 bits per heavy atom. The molecule has 0 atom stereocenters. The maximum absolute atomic E-state index is 12.7. The third-order valence-corrected chi connectivity index (χ3v) is 3.38. The summed E-state index contributed by atoms with van der Waals surface area (Å²) in [6.45, 7) is 1.77. The summed E-state index contributed by atoms with van der Waals surface area (Å²) in [5.41, 5.74) is 0.828. The normalized spacial score (nSPS) is 13.3. The Hall–Kier alpha value is -2.70.